The van der Waals surface area contributed by atoms with Gasteiger partial charge >= 0.3 is 0 Å². The van der Waals surface area contributed by atoms with Gasteiger partial charge in [-0.15, -0.1) is 0 Å². The lowest BCUT2D eigenvalue weighted by Gasteiger charge is -1.98. The van der Waals surface area contributed by atoms with Gasteiger partial charge < -0.3 is 4.74 Å². The lowest BCUT2D eigenvalue weighted by Crippen LogP contribution is -2.03. The van der Waals surface area contributed by atoms with Crippen LogP contribution >= 0.6 is 31.9 Å². The maximum atomic E-state index is 5.43. The molecule has 0 amide bonds. The molecular formula is C7H8Br2O. The normalized spacial score (nSPS) is 60.6. The Morgan fingerprint density at radius 2 is 1.60 bits per heavy atom. The Labute approximate surface area is 76.8 Å². The monoisotopic (exact) mass is 266 g/mol. The van der Waals surface area contributed by atoms with Gasteiger partial charge in [0.2, 0.25) is 0 Å². The second-order valence-electron chi connectivity index (χ2n) is 3.57. The van der Waals surface area contributed by atoms with E-state index in [1.807, 2.05) is 0 Å². The van der Waals surface area contributed by atoms with Gasteiger partial charge in [-0.25, -0.2) is 0 Å². The molecule has 0 unspecified atom stereocenters. The number of hydrogen-bond acceptors (Lipinski definition) is 1. The van der Waals surface area contributed by atoms with Crippen LogP contribution in [0.2, 0.25) is 0 Å². The summed E-state index contributed by atoms with van der Waals surface area (Å²) in [5.41, 5.74) is 0. The van der Waals surface area contributed by atoms with Crippen molar-refractivity contribution in [2.45, 2.75) is 28.3 Å². The third-order valence-electron chi connectivity index (χ3n) is 3.03. The van der Waals surface area contributed by atoms with Crippen LogP contribution in [-0.2, 0) is 4.74 Å². The van der Waals surface area contributed by atoms with Crippen molar-refractivity contribution in [2.75, 3.05) is 0 Å². The molecule has 3 fully saturated rings. The number of rotatable bonds is 0. The first-order valence-electron chi connectivity index (χ1n) is 3.73. The average molecular weight is 268 g/mol. The number of ether oxygens (including phenoxy) is 1. The first-order valence-corrected chi connectivity index (χ1v) is 5.31. The summed E-state index contributed by atoms with van der Waals surface area (Å²) in [5, 5.41) is 0. The number of alkyl halides is 2. The molecule has 0 N–H and O–H groups in total. The largest absolute Gasteiger partial charge is 0.370 e. The predicted molar refractivity (Wildman–Crippen MR) is 45.5 cm³/mol. The highest BCUT2D eigenvalue weighted by Gasteiger charge is 2.68. The molecule has 1 saturated heterocycles. The van der Waals surface area contributed by atoms with Crippen molar-refractivity contribution in [1.29, 1.82) is 0 Å². The van der Waals surface area contributed by atoms with Crippen molar-refractivity contribution >= 4 is 31.9 Å². The van der Waals surface area contributed by atoms with E-state index in [1.165, 1.54) is 12.8 Å². The summed E-state index contributed by atoms with van der Waals surface area (Å²) in [7, 11) is 0. The summed E-state index contributed by atoms with van der Waals surface area (Å²) in [5.74, 6) is 1.69. The van der Waals surface area contributed by atoms with Crippen LogP contribution in [0.15, 0.2) is 0 Å². The first kappa shape index (κ1) is 6.44. The molecule has 0 spiro atoms. The van der Waals surface area contributed by atoms with E-state index in [0.717, 1.165) is 11.8 Å². The van der Waals surface area contributed by atoms with Crippen LogP contribution in [0.1, 0.15) is 12.8 Å². The number of epoxide rings is 1. The number of fused-ring (bicyclic) bond motifs is 2. The van der Waals surface area contributed by atoms with Crippen molar-refractivity contribution in [1.82, 2.24) is 0 Å². The Kier molecular flexibility index (Phi) is 1.06. The quantitative estimate of drug-likeness (QED) is 0.485. The summed E-state index contributed by atoms with van der Waals surface area (Å²) in [6, 6.07) is 0. The van der Waals surface area contributed by atoms with Gasteiger partial charge in [0.1, 0.15) is 0 Å². The van der Waals surface area contributed by atoms with Gasteiger partial charge in [0.05, 0.1) is 15.4 Å². The Morgan fingerprint density at radius 3 is 2.10 bits per heavy atom. The molecule has 3 heteroatoms. The molecule has 0 radical (unpaired) electrons. The molecule has 0 aromatic rings. The van der Waals surface area contributed by atoms with Crippen molar-refractivity contribution in [3.63, 3.8) is 0 Å². The summed E-state index contributed by atoms with van der Waals surface area (Å²) >= 11 is 7.38. The Balaban J connectivity index is 1.83. The zero-order chi connectivity index (χ0) is 6.93. The maximum absolute atomic E-state index is 5.43. The van der Waals surface area contributed by atoms with E-state index in [-0.39, 0.29) is 0 Å². The van der Waals surface area contributed by atoms with E-state index in [9.17, 15) is 0 Å². The van der Waals surface area contributed by atoms with Gasteiger partial charge in [0.25, 0.3) is 0 Å². The van der Waals surface area contributed by atoms with Gasteiger partial charge in [0.15, 0.2) is 0 Å². The van der Waals surface area contributed by atoms with E-state index in [4.69, 9.17) is 4.74 Å². The Hall–Kier alpha value is 0.920. The molecule has 0 aromatic carbocycles. The predicted octanol–water partition coefficient (Wildman–Crippen LogP) is 2.28. The third kappa shape index (κ3) is 0.669. The average Bonchev–Trinajstić information content (AvgIpc) is 2.70. The molecule has 4 atom stereocenters. The minimum atomic E-state index is 0.302. The topological polar surface area (TPSA) is 12.5 Å². The van der Waals surface area contributed by atoms with Crippen LogP contribution < -0.4 is 0 Å². The SMILES string of the molecule is BrC1(Br)[C@@H]2C[C@@H]3O[C@H]3C[C@@H]21. The highest BCUT2D eigenvalue weighted by molar-refractivity contribution is 9.25. The van der Waals surface area contributed by atoms with Gasteiger partial charge in [-0.3, -0.25) is 0 Å². The molecule has 2 saturated carbocycles. The first-order chi connectivity index (χ1) is 4.69. The van der Waals surface area contributed by atoms with Crippen LogP contribution in [0.25, 0.3) is 0 Å². The van der Waals surface area contributed by atoms with E-state index in [2.05, 4.69) is 31.9 Å². The van der Waals surface area contributed by atoms with E-state index in [1.54, 1.807) is 0 Å². The molecule has 0 bridgehead atoms. The fourth-order valence-electron chi connectivity index (χ4n) is 2.20. The summed E-state index contributed by atoms with van der Waals surface area (Å²) in [6.45, 7) is 0. The minimum Gasteiger partial charge on any atom is -0.370 e. The number of hydrogen-bond donors (Lipinski definition) is 0. The molecule has 10 heavy (non-hydrogen) atoms. The zero-order valence-electron chi connectivity index (χ0n) is 5.39. The van der Waals surface area contributed by atoms with Crippen molar-refractivity contribution < 1.29 is 4.74 Å². The van der Waals surface area contributed by atoms with Crippen LogP contribution in [-0.4, -0.2) is 15.4 Å². The van der Waals surface area contributed by atoms with Crippen LogP contribution in [0.3, 0.4) is 0 Å². The molecule has 1 aliphatic heterocycles. The van der Waals surface area contributed by atoms with E-state index >= 15 is 0 Å². The molecule has 2 aliphatic carbocycles. The molecule has 0 aromatic heterocycles. The standard InChI is InChI=1S/C7H8Br2O/c8-7(9)3-1-5-6(10-5)2-4(3)7/h3-6H,1-2H2/t3-,4+,5-,6-/m0/s1. The minimum absolute atomic E-state index is 0.302. The van der Waals surface area contributed by atoms with Crippen LogP contribution in [0.5, 0.6) is 0 Å². The van der Waals surface area contributed by atoms with Crippen LogP contribution in [0, 0.1) is 11.8 Å². The molecule has 3 aliphatic rings. The molecule has 1 nitrogen and oxygen atoms in total. The molecule has 3 rings (SSSR count). The smallest absolute Gasteiger partial charge is 0.0870 e. The lowest BCUT2D eigenvalue weighted by molar-refractivity contribution is 0.363. The second-order valence-corrected chi connectivity index (χ2v) is 7.26. The lowest BCUT2D eigenvalue weighted by atomic mass is 10.0. The van der Waals surface area contributed by atoms with Crippen molar-refractivity contribution in [2.24, 2.45) is 11.8 Å². The summed E-state index contributed by atoms with van der Waals surface area (Å²) in [6.07, 6.45) is 3.79. The number of halogens is 2. The highest BCUT2D eigenvalue weighted by atomic mass is 79.9. The summed E-state index contributed by atoms with van der Waals surface area (Å²) < 4.78 is 5.73. The van der Waals surface area contributed by atoms with Crippen molar-refractivity contribution in [3.8, 4) is 0 Å². The summed E-state index contributed by atoms with van der Waals surface area (Å²) in [4.78, 5) is 0. The molecule has 1 heterocycles. The van der Waals surface area contributed by atoms with Crippen LogP contribution in [0.4, 0.5) is 0 Å². The Morgan fingerprint density at radius 1 is 1.10 bits per heavy atom. The van der Waals surface area contributed by atoms with Gasteiger partial charge in [-0.05, 0) is 24.7 Å². The van der Waals surface area contributed by atoms with Gasteiger partial charge in [0, 0.05) is 0 Å². The fourth-order valence-corrected chi connectivity index (χ4v) is 3.96. The molecule has 56 valence electrons. The fraction of sp³-hybridized carbons (Fsp3) is 1.00. The van der Waals surface area contributed by atoms with E-state index < -0.39 is 0 Å². The second kappa shape index (κ2) is 1.64. The Bertz CT molecular complexity index is 174. The zero-order valence-corrected chi connectivity index (χ0v) is 8.56. The van der Waals surface area contributed by atoms with Gasteiger partial charge in [-0.2, -0.15) is 0 Å². The molecular weight excluding hydrogens is 260 g/mol. The van der Waals surface area contributed by atoms with Gasteiger partial charge in [-0.1, -0.05) is 31.9 Å². The maximum Gasteiger partial charge on any atom is 0.0870 e. The highest BCUT2D eigenvalue weighted by Crippen LogP contribution is 2.70. The third-order valence-corrected chi connectivity index (χ3v) is 5.38. The van der Waals surface area contributed by atoms with E-state index in [0.29, 0.717) is 15.4 Å². The van der Waals surface area contributed by atoms with Crippen molar-refractivity contribution in [3.05, 3.63) is 0 Å².